The molecule has 0 fully saturated rings. The zero-order valence-corrected chi connectivity index (χ0v) is 12.1. The molecule has 0 radical (unpaired) electrons. The molecule has 1 aromatic heterocycles. The van der Waals surface area contributed by atoms with Crippen molar-refractivity contribution in [3.8, 4) is 0 Å². The summed E-state index contributed by atoms with van der Waals surface area (Å²) in [6.07, 6.45) is 4.87. The third-order valence-electron chi connectivity index (χ3n) is 3.63. The molecule has 1 aromatic carbocycles. The van der Waals surface area contributed by atoms with E-state index in [4.69, 9.17) is 10.3 Å². The molecule has 23 heavy (non-hydrogen) atoms. The number of fused-ring (bicyclic) bond motifs is 1. The smallest absolute Gasteiger partial charge is 0.300 e. The van der Waals surface area contributed by atoms with E-state index in [1.165, 1.54) is 0 Å². The molecule has 2 aliphatic rings. The Kier molecular flexibility index (Phi) is 3.05. The number of quaternary nitrogens is 1. The second kappa shape index (κ2) is 5.10. The molecule has 0 spiro atoms. The van der Waals surface area contributed by atoms with Crippen LogP contribution in [0.3, 0.4) is 0 Å². The standard InChI is InChI=1S/C16H14N5O2/c17-21-9-13(12-4-1-3-11(7-12)10-22)18-8-15(21)19-16(20-21)14-5-2-6-23-14/h1-9,22H,10,17H2/q+1. The Hall–Kier alpha value is -2.87. The van der Waals surface area contributed by atoms with E-state index in [0.717, 1.165) is 11.1 Å². The Labute approximate surface area is 132 Å². The Balaban J connectivity index is 1.74. The SMILES string of the molecule is N[N+]12C=C(c3cccc(CO)c3)N=CC1=NC(c1ccco1)=N2. The number of amidine groups is 2. The monoisotopic (exact) mass is 308 g/mol. The Bertz CT molecular complexity index is 880. The summed E-state index contributed by atoms with van der Waals surface area (Å²) in [7, 11) is 0. The number of rotatable bonds is 3. The fraction of sp³-hybridized carbons (Fsp3) is 0.0625. The molecule has 0 saturated heterocycles. The maximum absolute atomic E-state index is 9.26. The van der Waals surface area contributed by atoms with E-state index in [2.05, 4.69) is 15.1 Å². The molecule has 0 aliphatic carbocycles. The van der Waals surface area contributed by atoms with E-state index in [9.17, 15) is 5.11 Å². The molecule has 7 heteroatoms. The summed E-state index contributed by atoms with van der Waals surface area (Å²) in [6, 6.07) is 11.0. The molecule has 7 nitrogen and oxygen atoms in total. The van der Waals surface area contributed by atoms with Crippen LogP contribution in [0.25, 0.3) is 5.70 Å². The second-order valence-electron chi connectivity index (χ2n) is 5.24. The highest BCUT2D eigenvalue weighted by molar-refractivity contribution is 6.32. The highest BCUT2D eigenvalue weighted by Gasteiger charge is 2.40. The van der Waals surface area contributed by atoms with E-state index in [1.54, 1.807) is 30.8 Å². The fourth-order valence-electron chi connectivity index (χ4n) is 2.47. The van der Waals surface area contributed by atoms with E-state index in [0.29, 0.717) is 23.1 Å². The van der Waals surface area contributed by atoms with Crippen molar-refractivity contribution in [3.63, 3.8) is 0 Å². The zero-order chi connectivity index (χ0) is 15.9. The van der Waals surface area contributed by atoms with Gasteiger partial charge >= 0.3 is 0 Å². The van der Waals surface area contributed by atoms with Gasteiger partial charge in [0.15, 0.2) is 12.0 Å². The van der Waals surface area contributed by atoms with Crippen molar-refractivity contribution in [3.05, 3.63) is 65.7 Å². The quantitative estimate of drug-likeness (QED) is 0.666. The van der Waals surface area contributed by atoms with E-state index in [1.807, 2.05) is 24.3 Å². The Morgan fingerprint density at radius 3 is 2.91 bits per heavy atom. The van der Waals surface area contributed by atoms with Crippen molar-refractivity contribution in [2.24, 2.45) is 20.9 Å². The van der Waals surface area contributed by atoms with Crippen molar-refractivity contribution in [2.45, 2.75) is 6.61 Å². The van der Waals surface area contributed by atoms with E-state index < -0.39 is 0 Å². The first-order valence-electron chi connectivity index (χ1n) is 7.06. The van der Waals surface area contributed by atoms with Crippen LogP contribution in [0, 0.1) is 0 Å². The average Bonchev–Trinajstić information content (AvgIpc) is 3.20. The third kappa shape index (κ3) is 2.33. The fourth-order valence-corrected chi connectivity index (χ4v) is 2.47. The summed E-state index contributed by atoms with van der Waals surface area (Å²) in [5.74, 6) is 7.82. The van der Waals surface area contributed by atoms with Gasteiger partial charge in [0.25, 0.3) is 11.7 Å². The van der Waals surface area contributed by atoms with Gasteiger partial charge in [-0.2, -0.15) is 4.99 Å². The van der Waals surface area contributed by atoms with Crippen molar-refractivity contribution in [1.29, 1.82) is 0 Å². The summed E-state index contributed by atoms with van der Waals surface area (Å²) < 4.78 is 5.01. The number of aliphatic imine (C=N–C) groups is 2. The molecule has 1 unspecified atom stereocenters. The maximum Gasteiger partial charge on any atom is 0.300 e. The van der Waals surface area contributed by atoms with Gasteiger partial charge in [-0.1, -0.05) is 18.2 Å². The minimum atomic E-state index is -0.307. The molecule has 1 atom stereocenters. The predicted octanol–water partition coefficient (Wildman–Crippen LogP) is 1.62. The van der Waals surface area contributed by atoms with Crippen LogP contribution in [0.15, 0.2) is 68.4 Å². The molecular formula is C16H14N5O2+. The third-order valence-corrected chi connectivity index (χ3v) is 3.63. The highest BCUT2D eigenvalue weighted by atomic mass is 16.3. The van der Waals surface area contributed by atoms with Crippen molar-refractivity contribution in [2.75, 3.05) is 0 Å². The number of hydrogen-bond donors (Lipinski definition) is 2. The molecule has 2 aliphatic heterocycles. The van der Waals surface area contributed by atoms with Crippen LogP contribution < -0.4 is 5.84 Å². The summed E-state index contributed by atoms with van der Waals surface area (Å²) >= 11 is 0. The minimum Gasteiger partial charge on any atom is -0.461 e. The van der Waals surface area contributed by atoms with Crippen molar-refractivity contribution in [1.82, 2.24) is 0 Å². The molecule has 0 saturated carbocycles. The lowest BCUT2D eigenvalue weighted by Gasteiger charge is -2.19. The lowest BCUT2D eigenvalue weighted by molar-refractivity contribution is -0.802. The van der Waals surface area contributed by atoms with Gasteiger partial charge in [0.2, 0.25) is 0 Å². The molecule has 0 amide bonds. The van der Waals surface area contributed by atoms with E-state index in [-0.39, 0.29) is 11.3 Å². The van der Waals surface area contributed by atoms with Gasteiger partial charge < -0.3 is 9.52 Å². The second-order valence-corrected chi connectivity index (χ2v) is 5.24. The van der Waals surface area contributed by atoms with Gasteiger partial charge in [-0.25, -0.2) is 4.99 Å². The first kappa shape index (κ1) is 13.8. The topological polar surface area (TPSA) is 96.5 Å². The van der Waals surface area contributed by atoms with Gasteiger partial charge in [-0.3, -0.25) is 0 Å². The Morgan fingerprint density at radius 2 is 2.13 bits per heavy atom. The van der Waals surface area contributed by atoms with Gasteiger partial charge in [0.05, 0.1) is 12.9 Å². The lowest BCUT2D eigenvalue weighted by atomic mass is 10.1. The summed E-state index contributed by atoms with van der Waals surface area (Å²) in [4.78, 5) is 8.78. The maximum atomic E-state index is 9.26. The number of nitrogens with zero attached hydrogens (tertiary/aromatic N) is 4. The molecular weight excluding hydrogens is 294 g/mol. The first-order chi connectivity index (χ1) is 11.2. The molecule has 2 aromatic rings. The van der Waals surface area contributed by atoms with E-state index >= 15 is 0 Å². The van der Waals surface area contributed by atoms with Gasteiger partial charge in [0.1, 0.15) is 11.9 Å². The number of benzene rings is 1. The normalized spacial score (nSPS) is 22.4. The van der Waals surface area contributed by atoms with Gasteiger partial charge in [0, 0.05) is 5.56 Å². The molecule has 3 heterocycles. The minimum absolute atomic E-state index is 0.0268. The highest BCUT2D eigenvalue weighted by Crippen LogP contribution is 2.26. The Morgan fingerprint density at radius 1 is 1.22 bits per heavy atom. The van der Waals surface area contributed by atoms with Crippen molar-refractivity contribution < 1.29 is 14.2 Å². The van der Waals surface area contributed by atoms with Crippen LogP contribution >= 0.6 is 0 Å². The number of hydrogen-bond acceptors (Lipinski definition) is 6. The summed E-state index contributed by atoms with van der Waals surface area (Å²) in [6.45, 7) is -0.0268. The summed E-state index contributed by atoms with van der Waals surface area (Å²) in [5, 5.41) is 13.7. The molecule has 114 valence electrons. The van der Waals surface area contributed by atoms with Crippen LogP contribution in [0.1, 0.15) is 16.9 Å². The number of furan rings is 1. The van der Waals surface area contributed by atoms with Crippen LogP contribution in [0.5, 0.6) is 0 Å². The number of aliphatic hydroxyl groups excluding tert-OH is 1. The zero-order valence-electron chi connectivity index (χ0n) is 12.1. The largest absolute Gasteiger partial charge is 0.461 e. The number of nitrogens with two attached hydrogens (primary N) is 1. The van der Waals surface area contributed by atoms with Crippen molar-refractivity contribution >= 4 is 23.6 Å². The number of aliphatic hydroxyl groups is 1. The molecule has 4 rings (SSSR count). The lowest BCUT2D eigenvalue weighted by Crippen LogP contribution is -2.50. The van der Waals surface area contributed by atoms with Gasteiger partial charge in [-0.05, 0) is 33.6 Å². The van der Waals surface area contributed by atoms with Crippen LogP contribution in [0.4, 0.5) is 0 Å². The summed E-state index contributed by atoms with van der Waals surface area (Å²) in [5.41, 5.74) is 2.34. The predicted molar refractivity (Wildman–Crippen MR) is 86.0 cm³/mol. The van der Waals surface area contributed by atoms with Gasteiger partial charge in [-0.15, -0.1) is 5.84 Å². The van der Waals surface area contributed by atoms with Crippen LogP contribution in [-0.2, 0) is 6.61 Å². The first-order valence-corrected chi connectivity index (χ1v) is 7.06. The van der Waals surface area contributed by atoms with Crippen LogP contribution in [-0.4, -0.2) is 27.7 Å². The van der Waals surface area contributed by atoms with Crippen LogP contribution in [0.2, 0.25) is 0 Å². The molecule has 0 bridgehead atoms. The molecule has 3 N–H and O–H groups in total. The average molecular weight is 308 g/mol.